The molecular weight excluding hydrogens is 383 g/mol. The Labute approximate surface area is 175 Å². The van der Waals surface area contributed by atoms with Crippen LogP contribution in [0.3, 0.4) is 0 Å². The Morgan fingerprint density at radius 3 is 2.73 bits per heavy atom. The van der Waals surface area contributed by atoms with E-state index in [1.807, 2.05) is 0 Å². The Morgan fingerprint density at radius 2 is 1.93 bits per heavy atom. The maximum Gasteiger partial charge on any atom is 0.329 e. The van der Waals surface area contributed by atoms with Gasteiger partial charge in [-0.2, -0.15) is 0 Å². The number of carbonyl (C=O) groups is 1. The summed E-state index contributed by atoms with van der Waals surface area (Å²) in [5.41, 5.74) is 1.00. The molecule has 2 fully saturated rings. The number of fused-ring (bicyclic) bond motifs is 4. The quantitative estimate of drug-likeness (QED) is 0.814. The normalized spacial score (nSPS) is 23.2. The van der Waals surface area contributed by atoms with Crippen LogP contribution in [0.5, 0.6) is 0 Å². The van der Waals surface area contributed by atoms with Crippen molar-refractivity contribution in [3.8, 4) is 0 Å². The van der Waals surface area contributed by atoms with Crippen molar-refractivity contribution in [1.29, 1.82) is 0 Å². The van der Waals surface area contributed by atoms with Crippen molar-refractivity contribution < 1.29 is 9.18 Å². The summed E-state index contributed by atoms with van der Waals surface area (Å²) in [7, 11) is 0. The lowest BCUT2D eigenvalue weighted by molar-refractivity contribution is 0.252. The Hall–Kier alpha value is -2.90. The maximum atomic E-state index is 13.3. The van der Waals surface area contributed by atoms with E-state index in [9.17, 15) is 9.18 Å². The minimum atomic E-state index is -0.429. The lowest BCUT2D eigenvalue weighted by Crippen LogP contribution is -2.56. The first-order valence-electron chi connectivity index (χ1n) is 10.8. The van der Waals surface area contributed by atoms with Gasteiger partial charge in [-0.05, 0) is 55.9 Å². The molecule has 1 N–H and O–H groups in total. The molecule has 0 aliphatic carbocycles. The van der Waals surface area contributed by atoms with Gasteiger partial charge in [0.25, 0.3) is 0 Å². The lowest BCUT2D eigenvalue weighted by atomic mass is 9.99. The van der Waals surface area contributed by atoms with Crippen LogP contribution in [0.25, 0.3) is 0 Å². The van der Waals surface area contributed by atoms with Crippen molar-refractivity contribution in [2.24, 2.45) is 5.92 Å². The van der Waals surface area contributed by atoms with Crippen LogP contribution >= 0.6 is 0 Å². The first kappa shape index (κ1) is 19.1. The minimum Gasteiger partial charge on any atom is -0.366 e. The lowest BCUT2D eigenvalue weighted by Gasteiger charge is -2.46. The van der Waals surface area contributed by atoms with Crippen LogP contribution in [0.4, 0.5) is 32.3 Å². The van der Waals surface area contributed by atoms with Crippen LogP contribution in [-0.4, -0.2) is 48.2 Å². The molecule has 30 heavy (non-hydrogen) atoms. The van der Waals surface area contributed by atoms with E-state index in [0.29, 0.717) is 17.6 Å². The van der Waals surface area contributed by atoms with Gasteiger partial charge in [0.05, 0.1) is 17.9 Å². The molecule has 2 saturated heterocycles. The molecule has 2 aromatic heterocycles. The van der Waals surface area contributed by atoms with E-state index in [2.05, 4.69) is 39.2 Å². The molecule has 0 aromatic carbocycles. The SMILES string of the molecule is CC1CCCN(c2ccc3c(n2)N(C(=O)Nc2ccc(F)cn2)[C@H]2CCCN3C2)C1. The average Bonchev–Trinajstić information content (AvgIpc) is 2.75. The smallest absolute Gasteiger partial charge is 0.329 e. The molecule has 2 amide bonds. The number of hydrogen-bond acceptors (Lipinski definition) is 5. The molecule has 1 unspecified atom stereocenters. The van der Waals surface area contributed by atoms with E-state index < -0.39 is 5.82 Å². The monoisotopic (exact) mass is 410 g/mol. The number of aromatic nitrogens is 2. The highest BCUT2D eigenvalue weighted by Gasteiger charge is 2.38. The summed E-state index contributed by atoms with van der Waals surface area (Å²) < 4.78 is 13.2. The standard InChI is InChI=1S/C22H27FN6O/c1-15-4-2-11-28(13-15)20-9-7-18-21(26-20)29(17-5-3-10-27(18)14-17)22(30)25-19-8-6-16(23)12-24-19/h6-9,12,15,17H,2-5,10-11,13-14H2,1H3,(H,24,25,30)/t15?,17-/m0/s1. The van der Waals surface area contributed by atoms with E-state index >= 15 is 0 Å². The molecular formula is C22H27FN6O. The molecule has 2 aromatic rings. The zero-order valence-electron chi connectivity index (χ0n) is 17.2. The second-order valence-electron chi connectivity index (χ2n) is 8.61. The van der Waals surface area contributed by atoms with Gasteiger partial charge >= 0.3 is 6.03 Å². The number of rotatable bonds is 2. The molecule has 0 spiro atoms. The Bertz CT molecular complexity index is 936. The van der Waals surface area contributed by atoms with Crippen LogP contribution in [0.2, 0.25) is 0 Å². The van der Waals surface area contributed by atoms with Gasteiger partial charge in [0.2, 0.25) is 0 Å². The molecule has 158 valence electrons. The Balaban J connectivity index is 1.48. The summed E-state index contributed by atoms with van der Waals surface area (Å²) in [6.07, 6.45) is 5.49. The predicted molar refractivity (Wildman–Crippen MR) is 116 cm³/mol. The number of carbonyl (C=O) groups excluding carboxylic acids is 1. The van der Waals surface area contributed by atoms with Crippen LogP contribution < -0.4 is 20.0 Å². The van der Waals surface area contributed by atoms with Gasteiger partial charge in [0, 0.05) is 26.2 Å². The number of halogens is 1. The molecule has 7 nitrogen and oxygen atoms in total. The third-order valence-electron chi connectivity index (χ3n) is 6.33. The fourth-order valence-electron chi connectivity index (χ4n) is 4.87. The summed E-state index contributed by atoms with van der Waals surface area (Å²) in [4.78, 5) is 28.7. The van der Waals surface area contributed by atoms with E-state index in [1.165, 1.54) is 18.6 Å². The summed E-state index contributed by atoms with van der Waals surface area (Å²) in [6.45, 7) is 6.05. The maximum absolute atomic E-state index is 13.3. The molecule has 3 aliphatic rings. The predicted octanol–water partition coefficient (Wildman–Crippen LogP) is 3.87. The number of pyridine rings is 2. The Morgan fingerprint density at radius 1 is 1.10 bits per heavy atom. The van der Waals surface area contributed by atoms with E-state index in [0.717, 1.165) is 63.1 Å². The van der Waals surface area contributed by atoms with Crippen molar-refractivity contribution in [1.82, 2.24) is 9.97 Å². The third kappa shape index (κ3) is 3.55. The van der Waals surface area contributed by atoms with Crippen LogP contribution in [-0.2, 0) is 0 Å². The van der Waals surface area contributed by atoms with Gasteiger partial charge in [-0.3, -0.25) is 10.2 Å². The molecule has 0 radical (unpaired) electrons. The minimum absolute atomic E-state index is 0.0646. The molecule has 5 rings (SSSR count). The highest BCUT2D eigenvalue weighted by atomic mass is 19.1. The third-order valence-corrected chi connectivity index (χ3v) is 6.33. The Kier molecular flexibility index (Phi) is 4.92. The summed E-state index contributed by atoms with van der Waals surface area (Å²) in [5, 5.41) is 2.83. The van der Waals surface area contributed by atoms with Gasteiger partial charge in [-0.1, -0.05) is 6.92 Å². The number of nitrogens with one attached hydrogen (secondary N) is 1. The van der Waals surface area contributed by atoms with Crippen molar-refractivity contribution in [3.05, 3.63) is 36.3 Å². The first-order valence-corrected chi connectivity index (χ1v) is 10.8. The molecule has 5 heterocycles. The molecule has 0 saturated carbocycles. The van der Waals surface area contributed by atoms with E-state index in [4.69, 9.17) is 4.98 Å². The van der Waals surface area contributed by atoms with E-state index in [1.54, 1.807) is 4.90 Å². The largest absolute Gasteiger partial charge is 0.366 e. The number of nitrogens with zero attached hydrogens (tertiary/aromatic N) is 5. The number of amides is 2. The second-order valence-corrected chi connectivity index (χ2v) is 8.61. The topological polar surface area (TPSA) is 64.6 Å². The van der Waals surface area contributed by atoms with Crippen molar-refractivity contribution in [2.45, 2.75) is 38.6 Å². The fraction of sp³-hybridized carbons (Fsp3) is 0.500. The molecule has 2 bridgehead atoms. The number of anilines is 4. The first-order chi connectivity index (χ1) is 14.6. The second kappa shape index (κ2) is 7.74. The van der Waals surface area contributed by atoms with Gasteiger partial charge < -0.3 is 9.80 Å². The van der Waals surface area contributed by atoms with Crippen molar-refractivity contribution >= 4 is 29.2 Å². The van der Waals surface area contributed by atoms with Crippen molar-refractivity contribution in [2.75, 3.05) is 46.2 Å². The van der Waals surface area contributed by atoms with E-state index in [-0.39, 0.29) is 12.1 Å². The zero-order chi connectivity index (χ0) is 20.7. The zero-order valence-corrected chi connectivity index (χ0v) is 17.2. The average molecular weight is 410 g/mol. The van der Waals surface area contributed by atoms with Gasteiger partial charge in [-0.25, -0.2) is 19.2 Å². The van der Waals surface area contributed by atoms with Gasteiger partial charge in [0.15, 0.2) is 5.82 Å². The van der Waals surface area contributed by atoms with Gasteiger partial charge in [-0.15, -0.1) is 0 Å². The number of urea groups is 1. The number of hydrogen-bond donors (Lipinski definition) is 1. The number of piperidine rings is 2. The highest BCUT2D eigenvalue weighted by Crippen LogP contribution is 2.39. The molecule has 3 aliphatic heterocycles. The fourth-order valence-corrected chi connectivity index (χ4v) is 4.87. The van der Waals surface area contributed by atoms with Crippen LogP contribution in [0, 0.1) is 11.7 Å². The van der Waals surface area contributed by atoms with Gasteiger partial charge in [0.1, 0.15) is 17.5 Å². The summed E-state index contributed by atoms with van der Waals surface area (Å²) in [5.74, 6) is 2.19. The van der Waals surface area contributed by atoms with Crippen LogP contribution in [0.1, 0.15) is 32.6 Å². The highest BCUT2D eigenvalue weighted by molar-refractivity contribution is 6.04. The summed E-state index contributed by atoms with van der Waals surface area (Å²) in [6, 6.07) is 6.76. The summed E-state index contributed by atoms with van der Waals surface area (Å²) >= 11 is 0. The molecule has 2 atom stereocenters. The van der Waals surface area contributed by atoms with Crippen molar-refractivity contribution in [3.63, 3.8) is 0 Å². The van der Waals surface area contributed by atoms with Crippen LogP contribution in [0.15, 0.2) is 30.5 Å². The molecule has 8 heteroatoms.